The fourth-order valence-corrected chi connectivity index (χ4v) is 5.45. The van der Waals surface area contributed by atoms with Crippen LogP contribution in [0.4, 0.5) is 5.00 Å². The number of primary amides is 1. The third kappa shape index (κ3) is 7.48. The van der Waals surface area contributed by atoms with Crippen molar-refractivity contribution in [2.24, 2.45) is 5.73 Å². The number of aromatic nitrogens is 3. The number of nitrogens with one attached hydrogen (secondary N) is 1. The average Bonchev–Trinajstić information content (AvgIpc) is 3.41. The van der Waals surface area contributed by atoms with Crippen LogP contribution in [-0.2, 0) is 28.1 Å². The van der Waals surface area contributed by atoms with Gasteiger partial charge in [-0.3, -0.25) is 14.2 Å². The van der Waals surface area contributed by atoms with Crippen molar-refractivity contribution >= 4 is 45.9 Å². The van der Waals surface area contributed by atoms with Gasteiger partial charge in [0.15, 0.2) is 11.0 Å². The van der Waals surface area contributed by atoms with E-state index in [0.717, 1.165) is 11.3 Å². The molecule has 1 aromatic carbocycles. The monoisotopic (exact) mass is 571 g/mol. The predicted octanol–water partition coefficient (Wildman–Crippen LogP) is 4.72. The number of amides is 2. The predicted molar refractivity (Wildman–Crippen MR) is 153 cm³/mol. The zero-order valence-electron chi connectivity index (χ0n) is 22.7. The number of ether oxygens (including phenoxy) is 2. The summed E-state index contributed by atoms with van der Waals surface area (Å²) in [6.45, 7) is 14.3. The van der Waals surface area contributed by atoms with Gasteiger partial charge in [0.2, 0.25) is 5.91 Å². The summed E-state index contributed by atoms with van der Waals surface area (Å²) in [5.41, 5.74) is 7.19. The number of nitrogens with zero attached hydrogens (tertiary/aromatic N) is 3. The third-order valence-corrected chi connectivity index (χ3v) is 7.82. The molecule has 12 heteroatoms. The maximum atomic E-state index is 12.8. The number of nitrogens with two attached hydrogens (primary N) is 1. The molecular weight excluding hydrogens is 538 g/mol. The Balaban J connectivity index is 1.68. The van der Waals surface area contributed by atoms with E-state index in [1.54, 1.807) is 19.9 Å². The number of hydrogen-bond acceptors (Lipinski definition) is 9. The summed E-state index contributed by atoms with van der Waals surface area (Å²) >= 11 is 2.11. The minimum absolute atomic E-state index is 0.0183. The van der Waals surface area contributed by atoms with Gasteiger partial charge in [-0.05, 0) is 42.5 Å². The number of anilines is 1. The molecule has 10 nitrogen and oxygen atoms in total. The number of esters is 1. The van der Waals surface area contributed by atoms with E-state index in [0.29, 0.717) is 28.8 Å². The summed E-state index contributed by atoms with van der Waals surface area (Å²) < 4.78 is 12.8. The highest BCUT2D eigenvalue weighted by atomic mass is 32.2. The Morgan fingerprint density at radius 2 is 1.90 bits per heavy atom. The standard InChI is InChI=1S/C27H33N5O5S2/c1-7-13-32-19(14-37-18-11-9-17(10-12-18)27(4,5)6)30-31-26(32)38-15-20(33)29-24-21(25(35)36-8-2)16(3)22(39-24)23(28)34/h7,9-12H,1,8,13-15H2,2-6H3,(H2,28,34)(H,29,33). The van der Waals surface area contributed by atoms with Gasteiger partial charge >= 0.3 is 5.97 Å². The molecular formula is C27H33N5O5S2. The summed E-state index contributed by atoms with van der Waals surface area (Å²) in [6, 6.07) is 7.93. The lowest BCUT2D eigenvalue weighted by Crippen LogP contribution is -2.17. The van der Waals surface area contributed by atoms with Gasteiger partial charge in [-0.1, -0.05) is 50.7 Å². The van der Waals surface area contributed by atoms with Crippen LogP contribution in [0.15, 0.2) is 42.1 Å². The maximum Gasteiger partial charge on any atom is 0.341 e. The van der Waals surface area contributed by atoms with Crippen LogP contribution in [-0.4, -0.2) is 44.9 Å². The van der Waals surface area contributed by atoms with E-state index in [1.165, 1.54) is 17.3 Å². The Morgan fingerprint density at radius 3 is 2.49 bits per heavy atom. The Kier molecular flexibility index (Phi) is 9.92. The van der Waals surface area contributed by atoms with Crippen LogP contribution in [0.2, 0.25) is 0 Å². The summed E-state index contributed by atoms with van der Waals surface area (Å²) in [4.78, 5) is 37.2. The van der Waals surface area contributed by atoms with Crippen LogP contribution in [0, 0.1) is 6.92 Å². The fourth-order valence-electron chi connectivity index (χ4n) is 3.62. The number of carbonyl (C=O) groups is 3. The molecule has 208 valence electrons. The van der Waals surface area contributed by atoms with Gasteiger partial charge in [0.1, 0.15) is 17.4 Å². The quantitative estimate of drug-likeness (QED) is 0.181. The second-order valence-electron chi connectivity index (χ2n) is 9.54. The molecule has 3 N–H and O–H groups in total. The van der Waals surface area contributed by atoms with E-state index in [4.69, 9.17) is 15.2 Å². The molecule has 0 unspecified atom stereocenters. The maximum absolute atomic E-state index is 12.8. The lowest BCUT2D eigenvalue weighted by atomic mass is 9.87. The minimum Gasteiger partial charge on any atom is -0.486 e. The number of thioether (sulfide) groups is 1. The lowest BCUT2D eigenvalue weighted by Gasteiger charge is -2.19. The molecule has 0 aliphatic rings. The van der Waals surface area contributed by atoms with Gasteiger partial charge in [0.25, 0.3) is 5.91 Å². The molecule has 0 atom stereocenters. The first kappa shape index (κ1) is 29.9. The fraction of sp³-hybridized carbons (Fsp3) is 0.370. The van der Waals surface area contributed by atoms with E-state index in [-0.39, 0.29) is 39.8 Å². The summed E-state index contributed by atoms with van der Waals surface area (Å²) in [6.07, 6.45) is 1.71. The Hall–Kier alpha value is -3.64. The van der Waals surface area contributed by atoms with Crippen LogP contribution >= 0.6 is 23.1 Å². The lowest BCUT2D eigenvalue weighted by molar-refractivity contribution is -0.113. The molecule has 3 rings (SSSR count). The number of benzene rings is 1. The SMILES string of the molecule is C=CCn1c(COc2ccc(C(C)(C)C)cc2)nnc1SCC(=O)Nc1sc(C(N)=O)c(C)c1C(=O)OCC. The largest absolute Gasteiger partial charge is 0.486 e. The second-order valence-corrected chi connectivity index (χ2v) is 11.5. The van der Waals surface area contributed by atoms with Crippen LogP contribution in [0.3, 0.4) is 0 Å². The molecule has 2 aromatic heterocycles. The molecule has 0 aliphatic heterocycles. The van der Waals surface area contributed by atoms with Crippen molar-refractivity contribution in [2.75, 3.05) is 17.7 Å². The molecule has 0 spiro atoms. The van der Waals surface area contributed by atoms with Gasteiger partial charge < -0.3 is 20.5 Å². The van der Waals surface area contributed by atoms with Crippen molar-refractivity contribution < 1.29 is 23.9 Å². The van der Waals surface area contributed by atoms with Crippen molar-refractivity contribution in [1.82, 2.24) is 14.8 Å². The van der Waals surface area contributed by atoms with Crippen LogP contribution in [0.1, 0.15) is 64.7 Å². The Labute approximate surface area is 236 Å². The Morgan fingerprint density at radius 1 is 1.21 bits per heavy atom. The average molecular weight is 572 g/mol. The molecule has 0 bridgehead atoms. The summed E-state index contributed by atoms with van der Waals surface area (Å²) in [5, 5.41) is 11.9. The van der Waals surface area contributed by atoms with Crippen molar-refractivity contribution in [3.8, 4) is 5.75 Å². The summed E-state index contributed by atoms with van der Waals surface area (Å²) in [5.74, 6) is -0.436. The van der Waals surface area contributed by atoms with E-state index >= 15 is 0 Å². The highest BCUT2D eigenvalue weighted by Crippen LogP contribution is 2.34. The zero-order chi connectivity index (χ0) is 28.7. The first-order valence-electron chi connectivity index (χ1n) is 12.3. The van der Waals surface area contributed by atoms with Crippen molar-refractivity contribution in [1.29, 1.82) is 0 Å². The molecule has 0 aliphatic carbocycles. The highest BCUT2D eigenvalue weighted by molar-refractivity contribution is 7.99. The molecule has 0 radical (unpaired) electrons. The van der Waals surface area contributed by atoms with Crippen LogP contribution in [0.25, 0.3) is 0 Å². The van der Waals surface area contributed by atoms with E-state index in [9.17, 15) is 14.4 Å². The van der Waals surface area contributed by atoms with Gasteiger partial charge in [-0.25, -0.2) is 4.79 Å². The molecule has 0 fully saturated rings. The van der Waals surface area contributed by atoms with E-state index in [2.05, 4.69) is 42.9 Å². The second kappa shape index (κ2) is 12.9. The Bertz CT molecular complexity index is 1360. The van der Waals surface area contributed by atoms with Gasteiger partial charge in [0.05, 0.1) is 22.8 Å². The molecule has 0 saturated carbocycles. The number of rotatable bonds is 12. The molecule has 39 heavy (non-hydrogen) atoms. The molecule has 2 heterocycles. The number of hydrogen-bond donors (Lipinski definition) is 2. The van der Waals surface area contributed by atoms with Crippen molar-refractivity contribution in [3.05, 3.63) is 64.3 Å². The van der Waals surface area contributed by atoms with Gasteiger partial charge in [0, 0.05) is 6.54 Å². The van der Waals surface area contributed by atoms with E-state index in [1.807, 2.05) is 28.8 Å². The number of thiophene rings is 1. The molecule has 3 aromatic rings. The zero-order valence-corrected chi connectivity index (χ0v) is 24.3. The van der Waals surface area contributed by atoms with Crippen molar-refractivity contribution in [3.63, 3.8) is 0 Å². The van der Waals surface area contributed by atoms with Crippen LogP contribution < -0.4 is 15.8 Å². The smallest absolute Gasteiger partial charge is 0.341 e. The topological polar surface area (TPSA) is 138 Å². The highest BCUT2D eigenvalue weighted by Gasteiger charge is 2.26. The first-order valence-corrected chi connectivity index (χ1v) is 14.1. The number of allylic oxidation sites excluding steroid dienone is 1. The first-order chi connectivity index (χ1) is 18.5. The van der Waals surface area contributed by atoms with Crippen LogP contribution in [0.5, 0.6) is 5.75 Å². The van der Waals surface area contributed by atoms with Gasteiger partial charge in [-0.15, -0.1) is 28.1 Å². The number of carbonyl (C=O) groups excluding carboxylic acids is 3. The van der Waals surface area contributed by atoms with E-state index < -0.39 is 17.8 Å². The van der Waals surface area contributed by atoms with Gasteiger partial charge in [-0.2, -0.15) is 0 Å². The normalized spacial score (nSPS) is 11.2. The third-order valence-electron chi connectivity index (χ3n) is 5.63. The summed E-state index contributed by atoms with van der Waals surface area (Å²) in [7, 11) is 0. The minimum atomic E-state index is -0.685. The molecule has 0 saturated heterocycles. The molecule has 2 amide bonds. The van der Waals surface area contributed by atoms with Crippen molar-refractivity contribution in [2.45, 2.75) is 58.3 Å².